The average molecular weight is 301 g/mol. The molecule has 0 saturated heterocycles. The lowest BCUT2D eigenvalue weighted by molar-refractivity contribution is 0.319. The third-order valence-electron chi connectivity index (χ3n) is 4.10. The number of rotatable bonds is 7. The molecule has 1 aromatic carbocycles. The molecule has 1 atom stereocenters. The molecule has 0 spiro atoms. The number of nitrogens with one attached hydrogen (secondary N) is 1. The van der Waals surface area contributed by atoms with Crippen LogP contribution in [0.4, 0.5) is 0 Å². The van der Waals surface area contributed by atoms with E-state index in [1.54, 1.807) is 11.3 Å². The molecule has 0 amide bonds. The largest absolute Gasteiger partial charge is 0.493 e. The molecule has 3 heteroatoms. The Morgan fingerprint density at radius 2 is 2.29 bits per heavy atom. The summed E-state index contributed by atoms with van der Waals surface area (Å²) >= 11 is 1.75. The van der Waals surface area contributed by atoms with Crippen molar-refractivity contribution in [3.8, 4) is 5.75 Å². The molecule has 0 aliphatic heterocycles. The predicted molar refractivity (Wildman–Crippen MR) is 89.3 cm³/mol. The number of thiophene rings is 1. The Balaban J connectivity index is 1.63. The molecule has 2 aromatic rings. The minimum Gasteiger partial charge on any atom is -0.493 e. The Morgan fingerprint density at radius 3 is 3.10 bits per heavy atom. The average Bonchev–Trinajstić information content (AvgIpc) is 3.15. The van der Waals surface area contributed by atoms with Crippen LogP contribution in [0.2, 0.25) is 0 Å². The van der Waals surface area contributed by atoms with Gasteiger partial charge in [0.05, 0.1) is 6.61 Å². The van der Waals surface area contributed by atoms with Crippen molar-refractivity contribution >= 4 is 11.3 Å². The van der Waals surface area contributed by atoms with E-state index in [0.29, 0.717) is 6.04 Å². The Labute approximate surface area is 131 Å². The van der Waals surface area contributed by atoms with Crippen molar-refractivity contribution in [3.63, 3.8) is 0 Å². The molecule has 1 unspecified atom stereocenters. The van der Waals surface area contributed by atoms with Gasteiger partial charge in [0.25, 0.3) is 0 Å². The van der Waals surface area contributed by atoms with E-state index in [-0.39, 0.29) is 0 Å². The van der Waals surface area contributed by atoms with E-state index in [0.717, 1.165) is 31.7 Å². The zero-order chi connectivity index (χ0) is 14.5. The van der Waals surface area contributed by atoms with Gasteiger partial charge >= 0.3 is 0 Å². The summed E-state index contributed by atoms with van der Waals surface area (Å²) in [6.07, 6.45) is 4.50. The van der Waals surface area contributed by atoms with Crippen molar-refractivity contribution in [3.05, 3.63) is 51.7 Å². The summed E-state index contributed by atoms with van der Waals surface area (Å²) in [6.45, 7) is 4.07. The number of ether oxygens (including phenoxy) is 1. The Hall–Kier alpha value is -1.32. The van der Waals surface area contributed by atoms with E-state index in [9.17, 15) is 0 Å². The highest BCUT2D eigenvalue weighted by atomic mass is 32.1. The molecule has 112 valence electrons. The highest BCUT2D eigenvalue weighted by Gasteiger charge is 2.24. The van der Waals surface area contributed by atoms with Crippen molar-refractivity contribution in [1.29, 1.82) is 0 Å². The maximum atomic E-state index is 6.05. The van der Waals surface area contributed by atoms with E-state index < -0.39 is 0 Å². The predicted octanol–water partition coefficient (Wildman–Crippen LogP) is 4.36. The summed E-state index contributed by atoms with van der Waals surface area (Å²) in [4.78, 5) is 0. The van der Waals surface area contributed by atoms with Crippen LogP contribution in [0.1, 0.15) is 42.5 Å². The highest BCUT2D eigenvalue weighted by Crippen LogP contribution is 2.36. The molecule has 0 fully saturated rings. The Bertz CT molecular complexity index is 565. The number of fused-ring (bicyclic) bond motifs is 1. The molecule has 0 radical (unpaired) electrons. The molecule has 3 rings (SSSR count). The summed E-state index contributed by atoms with van der Waals surface area (Å²) < 4.78 is 6.05. The number of hydrogen-bond acceptors (Lipinski definition) is 3. The molecule has 0 saturated carbocycles. The van der Waals surface area contributed by atoms with Gasteiger partial charge in [-0.05, 0) is 65.4 Å². The fourth-order valence-corrected chi connectivity index (χ4v) is 3.70. The fraction of sp³-hybridized carbons (Fsp3) is 0.444. The molecular weight excluding hydrogens is 278 g/mol. The highest BCUT2D eigenvalue weighted by molar-refractivity contribution is 7.07. The van der Waals surface area contributed by atoms with Crippen molar-refractivity contribution in [2.45, 2.75) is 38.6 Å². The van der Waals surface area contributed by atoms with Gasteiger partial charge in [0, 0.05) is 12.5 Å². The van der Waals surface area contributed by atoms with E-state index >= 15 is 0 Å². The summed E-state index contributed by atoms with van der Waals surface area (Å²) in [5.74, 6) is 1.09. The molecular formula is C18H23NOS. The second-order valence-corrected chi connectivity index (χ2v) is 6.38. The number of hydrogen-bond donors (Lipinski definition) is 1. The lowest BCUT2D eigenvalue weighted by Gasteiger charge is -2.14. The molecule has 1 N–H and O–H groups in total. The second-order valence-electron chi connectivity index (χ2n) is 5.60. The zero-order valence-electron chi connectivity index (χ0n) is 12.6. The first kappa shape index (κ1) is 14.6. The Morgan fingerprint density at radius 1 is 1.33 bits per heavy atom. The first-order chi connectivity index (χ1) is 10.4. The third kappa shape index (κ3) is 3.47. The first-order valence-corrected chi connectivity index (χ1v) is 8.82. The summed E-state index contributed by atoms with van der Waals surface area (Å²) in [7, 11) is 0. The summed E-state index contributed by atoms with van der Waals surface area (Å²) in [6, 6.07) is 9.19. The van der Waals surface area contributed by atoms with E-state index in [2.05, 4.69) is 47.3 Å². The third-order valence-corrected chi connectivity index (χ3v) is 4.83. The van der Waals surface area contributed by atoms with Crippen molar-refractivity contribution in [1.82, 2.24) is 5.32 Å². The maximum absolute atomic E-state index is 6.05. The first-order valence-electron chi connectivity index (χ1n) is 7.87. The SMILES string of the molecule is CCCNC1CCc2c(OCCc3ccsc3)cccc21. The molecule has 1 heterocycles. The van der Waals surface area contributed by atoms with Crippen LogP contribution < -0.4 is 10.1 Å². The molecule has 21 heavy (non-hydrogen) atoms. The summed E-state index contributed by atoms with van der Waals surface area (Å²) in [5, 5.41) is 7.96. The van der Waals surface area contributed by atoms with Gasteiger partial charge in [-0.1, -0.05) is 19.1 Å². The molecule has 2 nitrogen and oxygen atoms in total. The smallest absolute Gasteiger partial charge is 0.122 e. The molecule has 1 aliphatic carbocycles. The van der Waals surface area contributed by atoms with E-state index in [4.69, 9.17) is 4.74 Å². The van der Waals surface area contributed by atoms with Crippen molar-refractivity contribution < 1.29 is 4.74 Å². The fourth-order valence-electron chi connectivity index (χ4n) is 3.00. The van der Waals surface area contributed by atoms with Crippen LogP contribution in [-0.2, 0) is 12.8 Å². The quantitative estimate of drug-likeness (QED) is 0.820. The van der Waals surface area contributed by atoms with Crippen LogP contribution in [0, 0.1) is 0 Å². The monoisotopic (exact) mass is 301 g/mol. The lowest BCUT2D eigenvalue weighted by Crippen LogP contribution is -2.19. The number of benzene rings is 1. The molecule has 1 aliphatic rings. The van der Waals surface area contributed by atoms with Gasteiger partial charge in [-0.3, -0.25) is 0 Å². The van der Waals surface area contributed by atoms with E-state index in [1.807, 2.05) is 0 Å². The van der Waals surface area contributed by atoms with Crippen LogP contribution in [0.5, 0.6) is 5.75 Å². The van der Waals surface area contributed by atoms with Gasteiger partial charge in [0.15, 0.2) is 0 Å². The second kappa shape index (κ2) is 7.10. The van der Waals surface area contributed by atoms with Gasteiger partial charge in [-0.2, -0.15) is 11.3 Å². The van der Waals surface area contributed by atoms with Gasteiger partial charge < -0.3 is 10.1 Å². The van der Waals surface area contributed by atoms with Gasteiger partial charge in [0.2, 0.25) is 0 Å². The van der Waals surface area contributed by atoms with Crippen LogP contribution >= 0.6 is 11.3 Å². The Kier molecular flexibility index (Phi) is 4.94. The van der Waals surface area contributed by atoms with Crippen molar-refractivity contribution in [2.75, 3.05) is 13.2 Å². The molecule has 1 aromatic heterocycles. The minimum absolute atomic E-state index is 0.514. The maximum Gasteiger partial charge on any atom is 0.122 e. The zero-order valence-corrected chi connectivity index (χ0v) is 13.4. The van der Waals surface area contributed by atoms with Crippen molar-refractivity contribution in [2.24, 2.45) is 0 Å². The molecule has 0 bridgehead atoms. The lowest BCUT2D eigenvalue weighted by atomic mass is 10.1. The standard InChI is InChI=1S/C18H23NOS/c1-2-10-19-17-7-6-16-15(17)4-3-5-18(16)20-11-8-14-9-12-21-13-14/h3-5,9,12-13,17,19H,2,6-8,10-11H2,1H3. The van der Waals surface area contributed by atoms with E-state index in [1.165, 1.54) is 29.5 Å². The topological polar surface area (TPSA) is 21.3 Å². The van der Waals surface area contributed by atoms with Crippen LogP contribution in [0.3, 0.4) is 0 Å². The van der Waals surface area contributed by atoms with Crippen LogP contribution in [0.15, 0.2) is 35.0 Å². The van der Waals surface area contributed by atoms with Gasteiger partial charge in [-0.15, -0.1) is 0 Å². The van der Waals surface area contributed by atoms with Crippen LogP contribution in [0.25, 0.3) is 0 Å². The van der Waals surface area contributed by atoms with Crippen LogP contribution in [-0.4, -0.2) is 13.2 Å². The normalized spacial score (nSPS) is 16.9. The van der Waals surface area contributed by atoms with Gasteiger partial charge in [0.1, 0.15) is 5.75 Å². The summed E-state index contributed by atoms with van der Waals surface area (Å²) in [5.41, 5.74) is 4.22. The van der Waals surface area contributed by atoms with Gasteiger partial charge in [-0.25, -0.2) is 0 Å². The minimum atomic E-state index is 0.514.